The molecule has 1 rings (SSSR count). The van der Waals surface area contributed by atoms with Gasteiger partial charge < -0.3 is 4.98 Å². The average molecular weight is 236 g/mol. The molecule has 0 amide bonds. The summed E-state index contributed by atoms with van der Waals surface area (Å²) in [5, 5.41) is 0. The van der Waals surface area contributed by atoms with Gasteiger partial charge in [0, 0.05) is 17.2 Å². The Morgan fingerprint density at radius 3 is 2.18 bits per heavy atom. The largest absolute Gasteiger partial charge is 0.310 e. The van der Waals surface area contributed by atoms with Gasteiger partial charge in [0.15, 0.2) is 0 Å². The summed E-state index contributed by atoms with van der Waals surface area (Å²) in [6.07, 6.45) is 1.05. The number of nitrogens with one attached hydrogen (secondary N) is 1. The first-order valence-electron chi connectivity index (χ1n) is 6.43. The predicted molar refractivity (Wildman–Crippen MR) is 71.6 cm³/mol. The van der Waals surface area contributed by atoms with Crippen LogP contribution in [-0.4, -0.2) is 9.97 Å². The molecule has 17 heavy (non-hydrogen) atoms. The molecule has 0 radical (unpaired) electrons. The topological polar surface area (TPSA) is 45.8 Å². The van der Waals surface area contributed by atoms with Gasteiger partial charge >= 0.3 is 0 Å². The molecule has 0 fully saturated rings. The molecule has 1 aromatic heterocycles. The molecule has 0 bridgehead atoms. The van der Waals surface area contributed by atoms with Crippen molar-refractivity contribution in [1.82, 2.24) is 9.97 Å². The van der Waals surface area contributed by atoms with Gasteiger partial charge in [-0.05, 0) is 25.2 Å². The fraction of sp³-hybridized carbons (Fsp3) is 0.714. The van der Waals surface area contributed by atoms with E-state index in [1.54, 1.807) is 0 Å². The molecule has 0 aliphatic carbocycles. The molecule has 0 spiro atoms. The second kappa shape index (κ2) is 5.48. The summed E-state index contributed by atoms with van der Waals surface area (Å²) < 4.78 is 0. The summed E-state index contributed by atoms with van der Waals surface area (Å²) in [7, 11) is 0. The summed E-state index contributed by atoms with van der Waals surface area (Å²) >= 11 is 0. The van der Waals surface area contributed by atoms with E-state index < -0.39 is 0 Å². The molecule has 1 heterocycles. The van der Waals surface area contributed by atoms with Gasteiger partial charge in [-0.15, -0.1) is 0 Å². The number of aromatic amines is 1. The zero-order valence-corrected chi connectivity index (χ0v) is 11.8. The molecule has 1 N–H and O–H groups in total. The van der Waals surface area contributed by atoms with E-state index in [0.29, 0.717) is 11.8 Å². The van der Waals surface area contributed by atoms with Crippen LogP contribution < -0.4 is 5.56 Å². The van der Waals surface area contributed by atoms with Crippen LogP contribution in [0.15, 0.2) is 4.79 Å². The van der Waals surface area contributed by atoms with Crippen molar-refractivity contribution in [3.05, 3.63) is 27.4 Å². The lowest BCUT2D eigenvalue weighted by atomic mass is 9.97. The zero-order chi connectivity index (χ0) is 13.2. The van der Waals surface area contributed by atoms with Crippen LogP contribution in [0.5, 0.6) is 0 Å². The molecule has 1 atom stereocenters. The third-order valence-electron chi connectivity index (χ3n) is 3.03. The van der Waals surface area contributed by atoms with Crippen molar-refractivity contribution in [2.24, 2.45) is 5.92 Å². The predicted octanol–water partition coefficient (Wildman–Crippen LogP) is 3.35. The first kappa shape index (κ1) is 13.9. The van der Waals surface area contributed by atoms with E-state index in [4.69, 9.17) is 0 Å². The maximum absolute atomic E-state index is 12.0. The molecule has 3 nitrogen and oxygen atoms in total. The van der Waals surface area contributed by atoms with E-state index in [2.05, 4.69) is 30.7 Å². The molecule has 1 unspecified atom stereocenters. The highest BCUT2D eigenvalue weighted by atomic mass is 16.1. The van der Waals surface area contributed by atoms with Crippen LogP contribution in [0.4, 0.5) is 0 Å². The van der Waals surface area contributed by atoms with E-state index >= 15 is 0 Å². The Hall–Kier alpha value is -1.12. The number of hydrogen-bond donors (Lipinski definition) is 1. The highest BCUT2D eigenvalue weighted by molar-refractivity contribution is 5.20. The van der Waals surface area contributed by atoms with Crippen molar-refractivity contribution >= 4 is 0 Å². The maximum Gasteiger partial charge on any atom is 0.254 e. The summed E-state index contributed by atoms with van der Waals surface area (Å²) in [6.45, 7) is 12.5. The quantitative estimate of drug-likeness (QED) is 0.871. The van der Waals surface area contributed by atoms with Crippen LogP contribution in [0.2, 0.25) is 0 Å². The van der Waals surface area contributed by atoms with E-state index in [0.717, 1.165) is 23.5 Å². The molecular formula is C14H24N2O. The normalized spacial score (nSPS) is 13.4. The highest BCUT2D eigenvalue weighted by Crippen LogP contribution is 2.21. The number of H-pyrrole nitrogens is 1. The minimum atomic E-state index is 0.0260. The molecule has 0 aliphatic heterocycles. The van der Waals surface area contributed by atoms with Crippen LogP contribution in [0.3, 0.4) is 0 Å². The molecule has 0 saturated heterocycles. The van der Waals surface area contributed by atoms with Crippen molar-refractivity contribution in [3.63, 3.8) is 0 Å². The minimum Gasteiger partial charge on any atom is -0.310 e. The Balaban J connectivity index is 3.10. The fourth-order valence-corrected chi connectivity index (χ4v) is 2.35. The average Bonchev–Trinajstić information content (AvgIpc) is 2.14. The second-order valence-corrected chi connectivity index (χ2v) is 5.64. The van der Waals surface area contributed by atoms with Gasteiger partial charge in [0.1, 0.15) is 5.82 Å². The Morgan fingerprint density at radius 1 is 1.18 bits per heavy atom. The number of nitrogens with zero attached hydrogens (tertiary/aromatic N) is 1. The van der Waals surface area contributed by atoms with Gasteiger partial charge in [-0.2, -0.15) is 0 Å². The van der Waals surface area contributed by atoms with Gasteiger partial charge in [0.2, 0.25) is 0 Å². The standard InChI is InChI=1S/C14H24N2O/c1-8(2)7-10(5)13-15-11(6)12(9(3)4)14(17)16-13/h8-10H,7H2,1-6H3,(H,15,16,17). The number of aromatic nitrogens is 2. The van der Waals surface area contributed by atoms with E-state index in [1.165, 1.54) is 0 Å². The van der Waals surface area contributed by atoms with Gasteiger partial charge in [0.05, 0.1) is 0 Å². The summed E-state index contributed by atoms with van der Waals surface area (Å²) in [4.78, 5) is 19.5. The monoisotopic (exact) mass is 236 g/mol. The SMILES string of the molecule is Cc1nc(C(C)CC(C)C)[nH]c(=O)c1C(C)C. The lowest BCUT2D eigenvalue weighted by Gasteiger charge is -2.15. The third-order valence-corrected chi connectivity index (χ3v) is 3.03. The minimum absolute atomic E-state index is 0.0260. The van der Waals surface area contributed by atoms with Crippen molar-refractivity contribution in [2.45, 2.75) is 59.8 Å². The van der Waals surface area contributed by atoms with Gasteiger partial charge in [-0.1, -0.05) is 34.6 Å². The highest BCUT2D eigenvalue weighted by Gasteiger charge is 2.15. The fourth-order valence-electron chi connectivity index (χ4n) is 2.35. The van der Waals surface area contributed by atoms with Crippen molar-refractivity contribution < 1.29 is 0 Å². The second-order valence-electron chi connectivity index (χ2n) is 5.64. The Labute approximate surface area is 104 Å². The molecule has 3 heteroatoms. The van der Waals surface area contributed by atoms with Gasteiger partial charge in [-0.25, -0.2) is 4.98 Å². The Morgan fingerprint density at radius 2 is 1.76 bits per heavy atom. The Kier molecular flexibility index (Phi) is 4.49. The lowest BCUT2D eigenvalue weighted by Crippen LogP contribution is -2.21. The van der Waals surface area contributed by atoms with E-state index in [-0.39, 0.29) is 11.5 Å². The summed E-state index contributed by atoms with van der Waals surface area (Å²) in [6, 6.07) is 0. The molecule has 0 saturated carbocycles. The molecule has 0 aromatic carbocycles. The lowest BCUT2D eigenvalue weighted by molar-refractivity contribution is 0.504. The number of rotatable bonds is 4. The van der Waals surface area contributed by atoms with Crippen LogP contribution in [-0.2, 0) is 0 Å². The Bertz CT molecular complexity index is 432. The van der Waals surface area contributed by atoms with Gasteiger partial charge in [0.25, 0.3) is 5.56 Å². The van der Waals surface area contributed by atoms with Crippen LogP contribution in [0.25, 0.3) is 0 Å². The number of hydrogen-bond acceptors (Lipinski definition) is 2. The third kappa shape index (κ3) is 3.42. The summed E-state index contributed by atoms with van der Waals surface area (Å²) in [5.41, 5.74) is 1.71. The van der Waals surface area contributed by atoms with E-state index in [9.17, 15) is 4.79 Å². The summed E-state index contributed by atoms with van der Waals surface area (Å²) in [5.74, 6) is 1.97. The molecule has 1 aromatic rings. The molecule has 96 valence electrons. The molecular weight excluding hydrogens is 212 g/mol. The van der Waals surface area contributed by atoms with Crippen molar-refractivity contribution in [3.8, 4) is 0 Å². The van der Waals surface area contributed by atoms with Crippen molar-refractivity contribution in [1.29, 1.82) is 0 Å². The van der Waals surface area contributed by atoms with Crippen molar-refractivity contribution in [2.75, 3.05) is 0 Å². The molecule has 0 aliphatic rings. The van der Waals surface area contributed by atoms with Crippen LogP contribution in [0.1, 0.15) is 70.0 Å². The number of aryl methyl sites for hydroxylation is 1. The van der Waals surface area contributed by atoms with Crippen LogP contribution >= 0.6 is 0 Å². The maximum atomic E-state index is 12.0. The van der Waals surface area contributed by atoms with Gasteiger partial charge in [-0.3, -0.25) is 4.79 Å². The zero-order valence-electron chi connectivity index (χ0n) is 11.8. The first-order chi connectivity index (χ1) is 7.82. The van der Waals surface area contributed by atoms with Crippen LogP contribution in [0, 0.1) is 12.8 Å². The first-order valence-corrected chi connectivity index (χ1v) is 6.43. The van der Waals surface area contributed by atoms with E-state index in [1.807, 2.05) is 20.8 Å². The smallest absolute Gasteiger partial charge is 0.254 e.